The predicted octanol–water partition coefficient (Wildman–Crippen LogP) is 0.549. The molecule has 0 N–H and O–H groups in total. The van der Waals surface area contributed by atoms with E-state index in [0.717, 1.165) is 0 Å². The van der Waals surface area contributed by atoms with E-state index in [0.29, 0.717) is 13.2 Å². The number of hydrogen-bond donors (Lipinski definition) is 0. The normalized spacial score (nSPS) is 15.8. The third-order valence-corrected chi connectivity index (χ3v) is 1.07. The van der Waals surface area contributed by atoms with E-state index in [9.17, 15) is 0 Å². The van der Waals surface area contributed by atoms with Crippen LogP contribution in [0.5, 0.6) is 0 Å². The first kappa shape index (κ1) is 7.02. The fourth-order valence-electron chi connectivity index (χ4n) is 0.631. The van der Waals surface area contributed by atoms with Crippen LogP contribution in [0, 0.1) is 0 Å². The predicted molar refractivity (Wildman–Crippen MR) is 41.5 cm³/mol. The van der Waals surface area contributed by atoms with E-state index in [2.05, 4.69) is 17.0 Å². The molecule has 0 aliphatic carbocycles. The quantitative estimate of drug-likeness (QED) is 0.521. The van der Waals surface area contributed by atoms with Crippen molar-refractivity contribution >= 4 is 6.21 Å². The van der Waals surface area contributed by atoms with E-state index >= 15 is 0 Å². The highest BCUT2D eigenvalue weighted by Crippen LogP contribution is 1.90. The average molecular weight is 136 g/mol. The van der Waals surface area contributed by atoms with Crippen molar-refractivity contribution in [3.8, 4) is 0 Å². The highest BCUT2D eigenvalue weighted by Gasteiger charge is 1.97. The van der Waals surface area contributed by atoms with Gasteiger partial charge in [-0.05, 0) is 6.08 Å². The summed E-state index contributed by atoms with van der Waals surface area (Å²) in [6.07, 6.45) is 7.26. The molecule has 3 nitrogen and oxygen atoms in total. The Morgan fingerprint density at radius 3 is 3.30 bits per heavy atom. The summed E-state index contributed by atoms with van der Waals surface area (Å²) in [6.45, 7) is 4.84. The summed E-state index contributed by atoms with van der Waals surface area (Å²) < 4.78 is 0. The largest absolute Gasteiger partial charge is 0.276 e. The van der Waals surface area contributed by atoms with Gasteiger partial charge in [0.25, 0.3) is 0 Å². The maximum atomic E-state index is 4.12. The van der Waals surface area contributed by atoms with Crippen LogP contribution in [0.3, 0.4) is 0 Å². The Balaban J connectivity index is 2.23. The molecule has 53 valence electrons. The summed E-state index contributed by atoms with van der Waals surface area (Å²) in [5, 5.41) is 1.78. The van der Waals surface area contributed by atoms with Crippen LogP contribution in [-0.4, -0.2) is 24.4 Å². The monoisotopic (exact) mass is 136 g/mol. The van der Waals surface area contributed by atoms with Crippen molar-refractivity contribution in [3.63, 3.8) is 0 Å². The fourth-order valence-corrected chi connectivity index (χ4v) is 0.631. The zero-order valence-electron chi connectivity index (χ0n) is 5.77. The van der Waals surface area contributed by atoms with Crippen LogP contribution < -0.4 is 5.43 Å². The van der Waals surface area contributed by atoms with Gasteiger partial charge in [0, 0.05) is 12.4 Å². The summed E-state index contributed by atoms with van der Waals surface area (Å²) in [5.41, 5.74) is 4.12. The van der Waals surface area contributed by atoms with Gasteiger partial charge in [0.15, 0.2) is 0 Å². The van der Waals surface area contributed by atoms with Gasteiger partial charge in [0.05, 0.1) is 6.54 Å². The smallest absolute Gasteiger partial charge is 0.125 e. The van der Waals surface area contributed by atoms with E-state index in [1.807, 2.05) is 12.3 Å². The summed E-state index contributed by atoms with van der Waals surface area (Å²) in [6, 6.07) is 0. The molecule has 1 radical (unpaired) electrons. The van der Waals surface area contributed by atoms with Crippen molar-refractivity contribution in [1.29, 1.82) is 0 Å². The minimum Gasteiger partial charge on any atom is -0.276 e. The zero-order chi connectivity index (χ0) is 7.23. The third-order valence-electron chi connectivity index (χ3n) is 1.07. The van der Waals surface area contributed by atoms with Crippen molar-refractivity contribution in [2.24, 2.45) is 4.99 Å². The molecule has 0 saturated heterocycles. The van der Waals surface area contributed by atoms with Crippen LogP contribution in [0.25, 0.3) is 0 Å². The van der Waals surface area contributed by atoms with Gasteiger partial charge in [0.2, 0.25) is 0 Å². The molecule has 0 aromatic heterocycles. The van der Waals surface area contributed by atoms with Crippen LogP contribution in [0.15, 0.2) is 29.9 Å². The maximum Gasteiger partial charge on any atom is 0.125 e. The van der Waals surface area contributed by atoms with Crippen LogP contribution in [-0.2, 0) is 0 Å². The minimum absolute atomic E-state index is 0.629. The molecule has 0 aromatic rings. The van der Waals surface area contributed by atoms with Gasteiger partial charge in [-0.15, -0.1) is 12.0 Å². The van der Waals surface area contributed by atoms with Crippen molar-refractivity contribution in [2.75, 3.05) is 13.2 Å². The molecule has 0 bridgehead atoms. The van der Waals surface area contributed by atoms with Gasteiger partial charge < -0.3 is 0 Å². The number of rotatable bonds is 3. The number of aliphatic imine (C=N–C) groups is 1. The lowest BCUT2D eigenvalue weighted by molar-refractivity contribution is 0.282. The topological polar surface area (TPSA) is 29.7 Å². The summed E-state index contributed by atoms with van der Waals surface area (Å²) in [7, 11) is 0. The fraction of sp³-hybridized carbons (Fsp3) is 0.286. The van der Waals surface area contributed by atoms with Crippen LogP contribution in [0.4, 0.5) is 0 Å². The third kappa shape index (κ3) is 2.03. The van der Waals surface area contributed by atoms with Crippen molar-refractivity contribution in [2.45, 2.75) is 0 Å². The van der Waals surface area contributed by atoms with Gasteiger partial charge in [-0.2, -0.15) is 0 Å². The second-order valence-corrected chi connectivity index (χ2v) is 1.87. The Morgan fingerprint density at radius 2 is 2.70 bits per heavy atom. The standard InChI is InChI=1S/C7H10N3/c1-2-4-9-10-6-3-5-8-7-10/h2-3,5-6H,1,4,7H2. The summed E-state index contributed by atoms with van der Waals surface area (Å²) in [4.78, 5) is 4.00. The van der Waals surface area contributed by atoms with Crippen LogP contribution >= 0.6 is 0 Å². The number of nitrogens with zero attached hydrogens (tertiary/aromatic N) is 3. The molecule has 0 aromatic carbocycles. The van der Waals surface area contributed by atoms with Gasteiger partial charge in [-0.25, -0.2) is 0 Å². The number of allylic oxidation sites excluding steroid dienone is 1. The van der Waals surface area contributed by atoms with E-state index in [1.165, 1.54) is 0 Å². The Morgan fingerprint density at radius 1 is 1.80 bits per heavy atom. The van der Waals surface area contributed by atoms with Crippen molar-refractivity contribution in [3.05, 3.63) is 24.9 Å². The van der Waals surface area contributed by atoms with Crippen LogP contribution in [0.1, 0.15) is 0 Å². The molecule has 10 heavy (non-hydrogen) atoms. The second kappa shape index (κ2) is 3.85. The highest BCUT2D eigenvalue weighted by molar-refractivity contribution is 5.71. The van der Waals surface area contributed by atoms with E-state index in [1.54, 1.807) is 17.3 Å². The highest BCUT2D eigenvalue weighted by atomic mass is 15.5. The van der Waals surface area contributed by atoms with Crippen molar-refractivity contribution < 1.29 is 0 Å². The van der Waals surface area contributed by atoms with E-state index < -0.39 is 0 Å². The van der Waals surface area contributed by atoms with E-state index in [4.69, 9.17) is 0 Å². The van der Waals surface area contributed by atoms with Gasteiger partial charge in [-0.3, -0.25) is 10.0 Å². The summed E-state index contributed by atoms with van der Waals surface area (Å²) >= 11 is 0. The van der Waals surface area contributed by atoms with Crippen LogP contribution in [0.2, 0.25) is 0 Å². The molecule has 3 heteroatoms. The Kier molecular flexibility index (Phi) is 2.70. The number of hydrogen-bond acceptors (Lipinski definition) is 2. The Hall–Kier alpha value is -1.09. The summed E-state index contributed by atoms with van der Waals surface area (Å²) in [5.74, 6) is 0. The molecule has 0 unspecified atom stereocenters. The molecule has 0 saturated carbocycles. The first-order valence-electron chi connectivity index (χ1n) is 3.15. The molecule has 0 fully saturated rings. The van der Waals surface area contributed by atoms with Gasteiger partial charge in [0.1, 0.15) is 6.67 Å². The molecule has 0 amide bonds. The molecule has 1 aliphatic rings. The second-order valence-electron chi connectivity index (χ2n) is 1.87. The molecule has 0 spiro atoms. The van der Waals surface area contributed by atoms with Gasteiger partial charge >= 0.3 is 0 Å². The zero-order valence-corrected chi connectivity index (χ0v) is 5.77. The lowest BCUT2D eigenvalue weighted by atomic mass is 10.6. The lowest BCUT2D eigenvalue weighted by Gasteiger charge is -2.16. The maximum absolute atomic E-state index is 4.12. The molecular weight excluding hydrogens is 126 g/mol. The minimum atomic E-state index is 0.629. The first-order chi connectivity index (χ1) is 4.93. The molecule has 1 heterocycles. The van der Waals surface area contributed by atoms with E-state index in [-0.39, 0.29) is 0 Å². The Bertz CT molecular complexity index is 160. The average Bonchev–Trinajstić information content (AvgIpc) is 2.03. The lowest BCUT2D eigenvalue weighted by Crippen LogP contribution is -2.28. The van der Waals surface area contributed by atoms with Crippen molar-refractivity contribution in [1.82, 2.24) is 10.4 Å². The first-order valence-corrected chi connectivity index (χ1v) is 3.15. The molecule has 0 atom stereocenters. The van der Waals surface area contributed by atoms with Gasteiger partial charge in [-0.1, -0.05) is 6.08 Å². The molecule has 1 rings (SSSR count). The molecular formula is C7H10N3. The SMILES string of the molecule is C=CC[N]N1C=CC=NC1. The Labute approximate surface area is 60.7 Å². The molecule has 1 aliphatic heterocycles.